The van der Waals surface area contributed by atoms with Gasteiger partial charge < -0.3 is 0 Å². The Balaban J connectivity index is 3.10. The molecule has 0 spiro atoms. The molecule has 2 nitrogen and oxygen atoms in total. The summed E-state index contributed by atoms with van der Waals surface area (Å²) in [5.41, 5.74) is 0.839. The van der Waals surface area contributed by atoms with Crippen LogP contribution in [0.15, 0.2) is 12.3 Å². The van der Waals surface area contributed by atoms with E-state index >= 15 is 0 Å². The van der Waals surface area contributed by atoms with Gasteiger partial charge in [0, 0.05) is 6.20 Å². The van der Waals surface area contributed by atoms with Gasteiger partial charge in [-0.05, 0) is 25.2 Å². The third-order valence-corrected chi connectivity index (χ3v) is 3.44. The van der Waals surface area contributed by atoms with Crippen molar-refractivity contribution < 1.29 is 0 Å². The van der Waals surface area contributed by atoms with E-state index in [1.165, 1.54) is 0 Å². The Hall–Kier alpha value is -0.660. The normalized spacial score (nSPS) is 14.6. The van der Waals surface area contributed by atoms with Crippen LogP contribution in [-0.2, 0) is 4.08 Å². The van der Waals surface area contributed by atoms with Crippen LogP contribution in [0.5, 0.6) is 0 Å². The first-order valence-electron chi connectivity index (χ1n) is 3.68. The van der Waals surface area contributed by atoms with Crippen molar-refractivity contribution in [2.75, 3.05) is 6.26 Å². The summed E-state index contributed by atoms with van der Waals surface area (Å²) in [6, 6.07) is 1.82. The Labute approximate surface area is 88.0 Å². The average Bonchev–Trinajstić information content (AvgIpc) is 2.18. The van der Waals surface area contributed by atoms with Gasteiger partial charge in [-0.3, -0.25) is 0 Å². The van der Waals surface area contributed by atoms with Crippen LogP contribution in [0, 0.1) is 12.3 Å². The molecule has 13 heavy (non-hydrogen) atoms. The van der Waals surface area contributed by atoms with Crippen LogP contribution in [0.1, 0.15) is 18.4 Å². The minimum atomic E-state index is -0.311. The highest BCUT2D eigenvalue weighted by molar-refractivity contribution is 8.10. The van der Waals surface area contributed by atoms with Gasteiger partial charge in [0.25, 0.3) is 0 Å². The summed E-state index contributed by atoms with van der Waals surface area (Å²) in [5.74, 6) is 2.81. The molecule has 0 aliphatic heterocycles. The smallest absolute Gasteiger partial charge is 0.204 e. The summed E-state index contributed by atoms with van der Waals surface area (Å²) in [6.45, 7) is 1.98. The Kier molecular flexibility index (Phi) is 3.23. The van der Waals surface area contributed by atoms with E-state index in [0.717, 1.165) is 5.69 Å². The molecule has 0 saturated heterocycles. The van der Waals surface area contributed by atoms with E-state index < -0.39 is 0 Å². The minimum absolute atomic E-state index is 0.311. The highest BCUT2D eigenvalue weighted by Gasteiger charge is 2.21. The number of nitrogens with zero attached hydrogens (tertiary/aromatic N) is 2. The number of thioether (sulfide) groups is 1. The lowest BCUT2D eigenvalue weighted by Crippen LogP contribution is -2.11. The van der Waals surface area contributed by atoms with Crippen LogP contribution in [-0.4, -0.2) is 16.2 Å². The number of aromatic nitrogens is 2. The summed E-state index contributed by atoms with van der Waals surface area (Å²) in [7, 11) is 0. The van der Waals surface area contributed by atoms with Gasteiger partial charge in [0.2, 0.25) is 5.82 Å². The van der Waals surface area contributed by atoms with Crippen molar-refractivity contribution >= 4 is 24.4 Å². The van der Waals surface area contributed by atoms with Gasteiger partial charge in [-0.2, -0.15) is 12.6 Å². The number of hydrogen-bond acceptors (Lipinski definition) is 4. The quantitative estimate of drug-likeness (QED) is 0.459. The molecule has 0 aliphatic carbocycles. The molecule has 0 radical (unpaired) electrons. The average molecular weight is 210 g/mol. The Morgan fingerprint density at radius 1 is 1.69 bits per heavy atom. The predicted octanol–water partition coefficient (Wildman–Crippen LogP) is 1.92. The molecule has 68 valence electrons. The molecular weight excluding hydrogens is 200 g/mol. The summed E-state index contributed by atoms with van der Waals surface area (Å²) in [4.78, 5) is 8.10. The molecule has 0 fully saturated rings. The van der Waals surface area contributed by atoms with Crippen molar-refractivity contribution in [1.29, 1.82) is 0 Å². The fraction of sp³-hybridized carbons (Fsp3) is 0.333. The lowest BCUT2D eigenvalue weighted by Gasteiger charge is -2.19. The van der Waals surface area contributed by atoms with Gasteiger partial charge in [0.05, 0.1) is 9.77 Å². The van der Waals surface area contributed by atoms with Crippen LogP contribution in [0.25, 0.3) is 0 Å². The van der Waals surface area contributed by atoms with Crippen LogP contribution < -0.4 is 0 Å². The third kappa shape index (κ3) is 2.39. The molecule has 1 unspecified atom stereocenters. The van der Waals surface area contributed by atoms with Gasteiger partial charge in [-0.1, -0.05) is 0 Å². The SMILES string of the molecule is C#Cc1nccc(C(C)(S)SC)n1. The molecule has 0 saturated carbocycles. The largest absolute Gasteiger partial charge is 0.229 e. The molecule has 0 bridgehead atoms. The molecule has 1 aromatic heterocycles. The Bertz CT molecular complexity index is 342. The highest BCUT2D eigenvalue weighted by atomic mass is 32.2. The first kappa shape index (κ1) is 10.4. The molecule has 1 aromatic rings. The Morgan fingerprint density at radius 3 is 2.92 bits per heavy atom. The lowest BCUT2D eigenvalue weighted by molar-refractivity contribution is 0.919. The van der Waals surface area contributed by atoms with Crippen molar-refractivity contribution in [2.24, 2.45) is 0 Å². The molecule has 0 N–H and O–H groups in total. The monoisotopic (exact) mass is 210 g/mol. The fourth-order valence-corrected chi connectivity index (χ4v) is 1.24. The molecule has 1 atom stereocenters. The number of thiol groups is 1. The maximum Gasteiger partial charge on any atom is 0.204 e. The standard InChI is InChI=1S/C9H10N2S2/c1-4-8-10-6-5-7(11-8)9(2,12)13-3/h1,5-6,12H,2-3H3. The van der Waals surface area contributed by atoms with Gasteiger partial charge in [-0.25, -0.2) is 9.97 Å². The van der Waals surface area contributed by atoms with E-state index in [4.69, 9.17) is 6.42 Å². The molecule has 0 aromatic carbocycles. The maximum absolute atomic E-state index is 5.20. The topological polar surface area (TPSA) is 25.8 Å². The number of hydrogen-bond donors (Lipinski definition) is 1. The highest BCUT2D eigenvalue weighted by Crippen LogP contribution is 2.36. The molecule has 1 heterocycles. The van der Waals surface area contributed by atoms with Crippen molar-refractivity contribution in [3.63, 3.8) is 0 Å². The van der Waals surface area contributed by atoms with E-state index in [0.29, 0.717) is 5.82 Å². The second-order valence-electron chi connectivity index (χ2n) is 2.60. The van der Waals surface area contributed by atoms with Crippen LogP contribution in [0.2, 0.25) is 0 Å². The molecular formula is C9H10N2S2. The summed E-state index contributed by atoms with van der Waals surface area (Å²) >= 11 is 6.07. The van der Waals surface area contributed by atoms with Gasteiger partial charge in [0.15, 0.2) is 0 Å². The summed E-state index contributed by atoms with van der Waals surface area (Å²) in [6.07, 6.45) is 8.83. The first-order valence-corrected chi connectivity index (χ1v) is 5.35. The maximum atomic E-state index is 5.20. The third-order valence-electron chi connectivity index (χ3n) is 1.66. The Morgan fingerprint density at radius 2 is 2.38 bits per heavy atom. The molecule has 1 rings (SSSR count). The number of terminal acetylenes is 1. The first-order chi connectivity index (χ1) is 6.10. The zero-order valence-corrected chi connectivity index (χ0v) is 9.19. The van der Waals surface area contributed by atoms with Gasteiger partial charge in [0.1, 0.15) is 0 Å². The van der Waals surface area contributed by atoms with Crippen LogP contribution >= 0.6 is 24.4 Å². The minimum Gasteiger partial charge on any atom is -0.229 e. The van der Waals surface area contributed by atoms with Crippen LogP contribution in [0.4, 0.5) is 0 Å². The van der Waals surface area contributed by atoms with Crippen molar-refractivity contribution in [3.8, 4) is 12.3 Å². The fourth-order valence-electron chi connectivity index (χ4n) is 0.791. The van der Waals surface area contributed by atoms with E-state index in [1.807, 2.05) is 19.2 Å². The second kappa shape index (κ2) is 4.03. The lowest BCUT2D eigenvalue weighted by atomic mass is 10.3. The van der Waals surface area contributed by atoms with Crippen molar-refractivity contribution in [2.45, 2.75) is 11.0 Å². The summed E-state index contributed by atoms with van der Waals surface area (Å²) < 4.78 is -0.311. The molecule has 0 aliphatic rings. The predicted molar refractivity (Wildman–Crippen MR) is 59.8 cm³/mol. The second-order valence-corrected chi connectivity index (χ2v) is 5.02. The van der Waals surface area contributed by atoms with Crippen molar-refractivity contribution in [3.05, 3.63) is 23.8 Å². The molecule has 4 heteroatoms. The van der Waals surface area contributed by atoms with E-state index in [-0.39, 0.29) is 4.08 Å². The van der Waals surface area contributed by atoms with E-state index in [1.54, 1.807) is 18.0 Å². The number of rotatable bonds is 2. The van der Waals surface area contributed by atoms with E-state index in [9.17, 15) is 0 Å². The van der Waals surface area contributed by atoms with Crippen LogP contribution in [0.3, 0.4) is 0 Å². The zero-order chi connectivity index (χ0) is 9.90. The van der Waals surface area contributed by atoms with Crippen molar-refractivity contribution in [1.82, 2.24) is 9.97 Å². The molecule has 0 amide bonds. The zero-order valence-electron chi connectivity index (χ0n) is 7.48. The van der Waals surface area contributed by atoms with Gasteiger partial charge in [-0.15, -0.1) is 18.2 Å². The summed E-state index contributed by atoms with van der Waals surface area (Å²) in [5, 5.41) is 0. The van der Waals surface area contributed by atoms with E-state index in [2.05, 4.69) is 28.5 Å². The van der Waals surface area contributed by atoms with Gasteiger partial charge >= 0.3 is 0 Å².